The van der Waals surface area contributed by atoms with Crippen LogP contribution in [0.5, 0.6) is 0 Å². The van der Waals surface area contributed by atoms with Gasteiger partial charge in [-0.15, -0.1) is 0 Å². The van der Waals surface area contributed by atoms with Gasteiger partial charge in [0.2, 0.25) is 5.91 Å². The first-order chi connectivity index (χ1) is 7.96. The Balaban J connectivity index is 4.05. The van der Waals surface area contributed by atoms with Gasteiger partial charge in [0, 0.05) is 19.1 Å². The van der Waals surface area contributed by atoms with Gasteiger partial charge in [-0.3, -0.25) is 4.79 Å². The van der Waals surface area contributed by atoms with Crippen LogP contribution in [0, 0.1) is 11.3 Å². The van der Waals surface area contributed by atoms with Gasteiger partial charge in [-0.1, -0.05) is 40.5 Å². The number of carbonyl (C=O) groups excluding carboxylic acids is 1. The van der Waals surface area contributed by atoms with Gasteiger partial charge in [0.1, 0.15) is 0 Å². The van der Waals surface area contributed by atoms with E-state index in [-0.39, 0.29) is 23.8 Å². The molecule has 0 bridgehead atoms. The maximum absolute atomic E-state index is 12.0. The molecule has 1 amide bonds. The fourth-order valence-corrected chi connectivity index (χ4v) is 1.83. The predicted molar refractivity (Wildman–Crippen MR) is 71.8 cm³/mol. The summed E-state index contributed by atoms with van der Waals surface area (Å²) in [6.45, 7) is 9.17. The maximum atomic E-state index is 12.0. The quantitative estimate of drug-likeness (QED) is 0.654. The average Bonchev–Trinajstić information content (AvgIpc) is 2.27. The van der Waals surface area contributed by atoms with Crippen molar-refractivity contribution in [2.45, 2.75) is 59.8 Å². The number of rotatable bonds is 9. The third kappa shape index (κ3) is 7.37. The fourth-order valence-electron chi connectivity index (χ4n) is 1.83. The van der Waals surface area contributed by atoms with Crippen LogP contribution in [0.2, 0.25) is 0 Å². The SMILES string of the molecule is CCCCC(CC)C(=O)NCC(C)(C)CCO. The van der Waals surface area contributed by atoms with E-state index >= 15 is 0 Å². The zero-order valence-corrected chi connectivity index (χ0v) is 11.9. The van der Waals surface area contributed by atoms with Crippen LogP contribution in [0.25, 0.3) is 0 Å². The topological polar surface area (TPSA) is 49.3 Å². The molecule has 0 aromatic carbocycles. The molecule has 0 aliphatic heterocycles. The predicted octanol–water partition coefficient (Wildman–Crippen LogP) is 2.73. The van der Waals surface area contributed by atoms with Crippen molar-refractivity contribution in [1.29, 1.82) is 0 Å². The van der Waals surface area contributed by atoms with Crippen LogP contribution < -0.4 is 5.32 Å². The lowest BCUT2D eigenvalue weighted by Crippen LogP contribution is -2.38. The van der Waals surface area contributed by atoms with Crippen molar-refractivity contribution in [3.05, 3.63) is 0 Å². The van der Waals surface area contributed by atoms with E-state index in [9.17, 15) is 4.79 Å². The Morgan fingerprint density at radius 1 is 1.35 bits per heavy atom. The molecule has 17 heavy (non-hydrogen) atoms. The van der Waals surface area contributed by atoms with Gasteiger partial charge in [0.05, 0.1) is 0 Å². The number of nitrogens with one attached hydrogen (secondary N) is 1. The number of hydrogen-bond acceptors (Lipinski definition) is 2. The van der Waals surface area contributed by atoms with Gasteiger partial charge in [0.25, 0.3) is 0 Å². The number of hydrogen-bond donors (Lipinski definition) is 2. The van der Waals surface area contributed by atoms with Crippen molar-refractivity contribution in [2.75, 3.05) is 13.2 Å². The summed E-state index contributed by atoms with van der Waals surface area (Å²) < 4.78 is 0. The largest absolute Gasteiger partial charge is 0.396 e. The Labute approximate surface area is 106 Å². The summed E-state index contributed by atoms with van der Waals surface area (Å²) in [6.07, 6.45) is 4.87. The van der Waals surface area contributed by atoms with Crippen molar-refractivity contribution in [3.63, 3.8) is 0 Å². The highest BCUT2D eigenvalue weighted by atomic mass is 16.3. The van der Waals surface area contributed by atoms with Crippen molar-refractivity contribution >= 4 is 5.91 Å². The molecular weight excluding hydrogens is 214 g/mol. The molecule has 0 aromatic heterocycles. The molecule has 0 saturated carbocycles. The minimum atomic E-state index is -0.0204. The van der Waals surface area contributed by atoms with E-state index in [1.165, 1.54) is 0 Å². The summed E-state index contributed by atoms with van der Waals surface area (Å²) in [4.78, 5) is 12.0. The Hall–Kier alpha value is -0.570. The standard InChI is InChI=1S/C14H29NO2/c1-5-7-8-12(6-2)13(17)15-11-14(3,4)9-10-16/h12,16H,5-11H2,1-4H3,(H,15,17). The van der Waals surface area contributed by atoms with Crippen LogP contribution in [0.4, 0.5) is 0 Å². The average molecular weight is 243 g/mol. The van der Waals surface area contributed by atoms with Gasteiger partial charge in [-0.2, -0.15) is 0 Å². The van der Waals surface area contributed by atoms with E-state index in [1.807, 2.05) is 0 Å². The second-order valence-corrected chi connectivity index (χ2v) is 5.60. The Bertz CT molecular complexity index is 214. The second kappa shape index (κ2) is 8.51. The number of unbranched alkanes of at least 4 members (excludes halogenated alkanes) is 1. The summed E-state index contributed by atoms with van der Waals surface area (Å²) in [6, 6.07) is 0. The molecule has 3 nitrogen and oxygen atoms in total. The lowest BCUT2D eigenvalue weighted by Gasteiger charge is -2.25. The third-order valence-corrected chi connectivity index (χ3v) is 3.30. The van der Waals surface area contributed by atoms with E-state index in [1.54, 1.807) is 0 Å². The van der Waals surface area contributed by atoms with Crippen molar-refractivity contribution in [2.24, 2.45) is 11.3 Å². The van der Waals surface area contributed by atoms with Gasteiger partial charge < -0.3 is 10.4 Å². The zero-order valence-electron chi connectivity index (χ0n) is 11.9. The maximum Gasteiger partial charge on any atom is 0.223 e. The van der Waals surface area contributed by atoms with Gasteiger partial charge in [-0.25, -0.2) is 0 Å². The van der Waals surface area contributed by atoms with Gasteiger partial charge in [0.15, 0.2) is 0 Å². The molecule has 0 fully saturated rings. The summed E-state index contributed by atoms with van der Waals surface area (Å²) in [5.74, 6) is 0.326. The van der Waals surface area contributed by atoms with Crippen molar-refractivity contribution in [3.8, 4) is 0 Å². The normalized spacial score (nSPS) is 13.5. The number of carbonyl (C=O) groups is 1. The lowest BCUT2D eigenvalue weighted by molar-refractivity contribution is -0.125. The molecule has 0 aliphatic carbocycles. The molecule has 102 valence electrons. The molecular formula is C14H29NO2. The van der Waals surface area contributed by atoms with E-state index in [0.717, 1.165) is 32.1 Å². The fraction of sp³-hybridized carbons (Fsp3) is 0.929. The number of aliphatic hydroxyl groups is 1. The summed E-state index contributed by atoms with van der Waals surface area (Å²) in [7, 11) is 0. The van der Waals surface area contributed by atoms with Crippen molar-refractivity contribution < 1.29 is 9.90 Å². The first kappa shape index (κ1) is 16.4. The Morgan fingerprint density at radius 2 is 2.00 bits per heavy atom. The molecule has 3 heteroatoms. The minimum absolute atomic E-state index is 0.0204. The highest BCUT2D eigenvalue weighted by Crippen LogP contribution is 2.19. The molecule has 1 unspecified atom stereocenters. The molecule has 1 atom stereocenters. The lowest BCUT2D eigenvalue weighted by atomic mass is 9.89. The van der Waals surface area contributed by atoms with E-state index in [0.29, 0.717) is 6.54 Å². The number of amides is 1. The first-order valence-corrected chi connectivity index (χ1v) is 6.85. The van der Waals surface area contributed by atoms with Crippen LogP contribution in [0.3, 0.4) is 0 Å². The van der Waals surface area contributed by atoms with Crippen LogP contribution in [-0.2, 0) is 4.79 Å². The molecule has 0 radical (unpaired) electrons. The summed E-state index contributed by atoms with van der Waals surface area (Å²) in [5, 5.41) is 11.9. The van der Waals surface area contributed by atoms with Crippen LogP contribution in [0.1, 0.15) is 59.8 Å². The van der Waals surface area contributed by atoms with E-state index in [4.69, 9.17) is 5.11 Å². The Kier molecular flexibility index (Phi) is 8.23. The van der Waals surface area contributed by atoms with Crippen molar-refractivity contribution in [1.82, 2.24) is 5.32 Å². The third-order valence-electron chi connectivity index (χ3n) is 3.30. The van der Waals surface area contributed by atoms with Gasteiger partial charge >= 0.3 is 0 Å². The number of aliphatic hydroxyl groups excluding tert-OH is 1. The first-order valence-electron chi connectivity index (χ1n) is 6.85. The second-order valence-electron chi connectivity index (χ2n) is 5.60. The molecule has 2 N–H and O–H groups in total. The summed E-state index contributed by atoms with van der Waals surface area (Å²) in [5.41, 5.74) is -0.0204. The van der Waals surface area contributed by atoms with Crippen LogP contribution in [0.15, 0.2) is 0 Å². The molecule has 0 heterocycles. The Morgan fingerprint density at radius 3 is 2.47 bits per heavy atom. The van der Waals surface area contributed by atoms with Crippen LogP contribution >= 0.6 is 0 Å². The molecule has 0 aliphatic rings. The molecule has 0 rings (SSSR count). The van der Waals surface area contributed by atoms with Crippen LogP contribution in [-0.4, -0.2) is 24.2 Å². The van der Waals surface area contributed by atoms with Gasteiger partial charge in [-0.05, 0) is 24.7 Å². The minimum Gasteiger partial charge on any atom is -0.396 e. The smallest absolute Gasteiger partial charge is 0.223 e. The molecule has 0 aromatic rings. The molecule has 0 saturated heterocycles. The highest BCUT2D eigenvalue weighted by Gasteiger charge is 2.21. The molecule has 0 spiro atoms. The van der Waals surface area contributed by atoms with E-state index < -0.39 is 0 Å². The highest BCUT2D eigenvalue weighted by molar-refractivity contribution is 5.78. The summed E-state index contributed by atoms with van der Waals surface area (Å²) >= 11 is 0. The van der Waals surface area contributed by atoms with E-state index in [2.05, 4.69) is 33.0 Å². The zero-order chi connectivity index (χ0) is 13.3. The monoisotopic (exact) mass is 243 g/mol.